The molecule has 0 spiro atoms. The number of carbonyl (C=O) groups is 1. The summed E-state index contributed by atoms with van der Waals surface area (Å²) in [5.41, 5.74) is 0.352. The van der Waals surface area contributed by atoms with Gasteiger partial charge < -0.3 is 5.32 Å². The lowest BCUT2D eigenvalue weighted by atomic mass is 9.99. The number of hydrogen-bond acceptors (Lipinski definition) is 1. The summed E-state index contributed by atoms with van der Waals surface area (Å²) in [6, 6.07) is 4.50. The third-order valence-electron chi connectivity index (χ3n) is 3.29. The fourth-order valence-corrected chi connectivity index (χ4v) is 2.40. The average molecular weight is 330 g/mol. The third kappa shape index (κ3) is 4.94. The van der Waals surface area contributed by atoms with Crippen LogP contribution in [0.25, 0.3) is 0 Å². The number of carbonyl (C=O) groups excluding carboxylic acids is 1. The zero-order valence-electron chi connectivity index (χ0n) is 11.5. The Balaban J connectivity index is 2.57. The molecular weight excluding hydrogens is 309 g/mol. The molecule has 1 amide bonds. The number of hydrogen-bond donors (Lipinski definition) is 1. The Hall–Kier alpha value is -0.900. The van der Waals surface area contributed by atoms with Crippen LogP contribution in [0.15, 0.2) is 22.7 Å². The highest BCUT2D eigenvalue weighted by atomic mass is 79.9. The maximum absolute atomic E-state index is 13.3. The molecule has 0 aliphatic rings. The van der Waals surface area contributed by atoms with E-state index < -0.39 is 5.82 Å². The summed E-state index contributed by atoms with van der Waals surface area (Å²) in [5, 5.41) is 2.89. The number of amides is 1. The Kier molecular flexibility index (Phi) is 7.06. The van der Waals surface area contributed by atoms with Crippen molar-refractivity contribution in [2.45, 2.75) is 39.5 Å². The van der Waals surface area contributed by atoms with Gasteiger partial charge in [-0.1, -0.05) is 39.2 Å². The van der Waals surface area contributed by atoms with Gasteiger partial charge in [-0.3, -0.25) is 4.79 Å². The van der Waals surface area contributed by atoms with Crippen molar-refractivity contribution in [2.75, 3.05) is 6.54 Å². The highest BCUT2D eigenvalue weighted by Crippen LogP contribution is 2.20. The van der Waals surface area contributed by atoms with Crippen LogP contribution >= 0.6 is 15.9 Å². The molecule has 1 aromatic carbocycles. The fourth-order valence-electron chi connectivity index (χ4n) is 1.95. The first-order valence-electron chi connectivity index (χ1n) is 6.82. The van der Waals surface area contributed by atoms with E-state index in [1.54, 1.807) is 12.1 Å². The minimum absolute atomic E-state index is 0.221. The summed E-state index contributed by atoms with van der Waals surface area (Å²) in [5.74, 6) is -0.136. The van der Waals surface area contributed by atoms with Crippen LogP contribution in [0.2, 0.25) is 0 Å². The Labute approximate surface area is 122 Å². The van der Waals surface area contributed by atoms with E-state index in [0.29, 0.717) is 18.0 Å². The van der Waals surface area contributed by atoms with Gasteiger partial charge in [0.05, 0.1) is 10.0 Å². The quantitative estimate of drug-likeness (QED) is 0.782. The maximum Gasteiger partial charge on any atom is 0.252 e. The Morgan fingerprint density at radius 1 is 1.42 bits per heavy atom. The van der Waals surface area contributed by atoms with Crippen molar-refractivity contribution >= 4 is 21.8 Å². The molecule has 1 N–H and O–H groups in total. The molecule has 0 aromatic heterocycles. The van der Waals surface area contributed by atoms with Crippen molar-refractivity contribution in [3.63, 3.8) is 0 Å². The summed E-state index contributed by atoms with van der Waals surface area (Å²) >= 11 is 3.11. The highest BCUT2D eigenvalue weighted by molar-refractivity contribution is 9.10. The molecule has 1 aromatic rings. The lowest BCUT2D eigenvalue weighted by Gasteiger charge is -2.15. The SMILES string of the molecule is CCCCC(CC)CNC(=O)c1cccc(F)c1Br. The van der Waals surface area contributed by atoms with Crippen molar-refractivity contribution in [3.05, 3.63) is 34.1 Å². The second-order valence-corrected chi connectivity index (χ2v) is 5.52. The van der Waals surface area contributed by atoms with Crippen molar-refractivity contribution in [3.8, 4) is 0 Å². The summed E-state index contributed by atoms with van der Waals surface area (Å²) in [7, 11) is 0. The zero-order chi connectivity index (χ0) is 14.3. The monoisotopic (exact) mass is 329 g/mol. The molecule has 0 saturated carbocycles. The van der Waals surface area contributed by atoms with E-state index in [0.717, 1.165) is 12.8 Å². The second kappa shape index (κ2) is 8.31. The first-order valence-corrected chi connectivity index (χ1v) is 7.61. The normalized spacial score (nSPS) is 12.2. The van der Waals surface area contributed by atoms with Crippen molar-refractivity contribution in [2.24, 2.45) is 5.92 Å². The molecule has 0 aliphatic heterocycles. The number of nitrogens with one attached hydrogen (secondary N) is 1. The molecule has 106 valence electrons. The maximum atomic E-state index is 13.3. The van der Waals surface area contributed by atoms with Crippen LogP contribution in [0.5, 0.6) is 0 Å². The van der Waals surface area contributed by atoms with Crippen LogP contribution < -0.4 is 5.32 Å². The van der Waals surface area contributed by atoms with E-state index in [1.165, 1.54) is 18.9 Å². The van der Waals surface area contributed by atoms with Gasteiger partial charge in [0.15, 0.2) is 0 Å². The summed E-state index contributed by atoms with van der Waals surface area (Å²) in [6.07, 6.45) is 4.51. The topological polar surface area (TPSA) is 29.1 Å². The van der Waals surface area contributed by atoms with Crippen molar-refractivity contribution in [1.29, 1.82) is 0 Å². The van der Waals surface area contributed by atoms with E-state index in [9.17, 15) is 9.18 Å². The number of rotatable bonds is 7. The Bertz CT molecular complexity index is 423. The molecule has 19 heavy (non-hydrogen) atoms. The third-order valence-corrected chi connectivity index (χ3v) is 4.10. The molecule has 1 rings (SSSR count). The average Bonchev–Trinajstić information content (AvgIpc) is 2.42. The van der Waals surface area contributed by atoms with E-state index in [2.05, 4.69) is 35.1 Å². The van der Waals surface area contributed by atoms with Gasteiger partial charge in [-0.2, -0.15) is 0 Å². The van der Waals surface area contributed by atoms with E-state index in [1.807, 2.05) is 0 Å². The molecule has 0 heterocycles. The van der Waals surface area contributed by atoms with Gasteiger partial charge >= 0.3 is 0 Å². The predicted molar refractivity (Wildman–Crippen MR) is 79.7 cm³/mol. The smallest absolute Gasteiger partial charge is 0.252 e. The van der Waals surface area contributed by atoms with Crippen LogP contribution in [-0.4, -0.2) is 12.5 Å². The van der Waals surface area contributed by atoms with Crippen molar-refractivity contribution < 1.29 is 9.18 Å². The van der Waals surface area contributed by atoms with Crippen LogP contribution in [0.1, 0.15) is 49.9 Å². The summed E-state index contributed by atoms with van der Waals surface area (Å²) in [4.78, 5) is 12.0. The lowest BCUT2D eigenvalue weighted by Crippen LogP contribution is -2.29. The largest absolute Gasteiger partial charge is 0.352 e. The molecule has 0 radical (unpaired) electrons. The first kappa shape index (κ1) is 16.2. The minimum Gasteiger partial charge on any atom is -0.352 e. The van der Waals surface area contributed by atoms with Gasteiger partial charge in [-0.05, 0) is 40.4 Å². The minimum atomic E-state index is -0.411. The van der Waals surface area contributed by atoms with Crippen LogP contribution in [0.3, 0.4) is 0 Å². The number of unbranched alkanes of at least 4 members (excludes halogenated alkanes) is 1. The van der Waals surface area contributed by atoms with E-state index in [4.69, 9.17) is 0 Å². The van der Waals surface area contributed by atoms with E-state index in [-0.39, 0.29) is 10.4 Å². The molecule has 0 aliphatic carbocycles. The molecule has 1 atom stereocenters. The van der Waals surface area contributed by atoms with Crippen LogP contribution in [-0.2, 0) is 0 Å². The molecule has 4 heteroatoms. The van der Waals surface area contributed by atoms with Gasteiger partial charge in [0.25, 0.3) is 5.91 Å². The van der Waals surface area contributed by atoms with Gasteiger partial charge in [-0.15, -0.1) is 0 Å². The zero-order valence-corrected chi connectivity index (χ0v) is 13.1. The molecule has 0 saturated heterocycles. The first-order chi connectivity index (χ1) is 9.10. The number of halogens is 2. The van der Waals surface area contributed by atoms with E-state index >= 15 is 0 Å². The van der Waals surface area contributed by atoms with Crippen LogP contribution in [0, 0.1) is 11.7 Å². The highest BCUT2D eigenvalue weighted by Gasteiger charge is 2.14. The van der Waals surface area contributed by atoms with Gasteiger partial charge in [-0.25, -0.2) is 4.39 Å². The number of benzene rings is 1. The molecule has 1 unspecified atom stereocenters. The molecule has 2 nitrogen and oxygen atoms in total. The summed E-state index contributed by atoms with van der Waals surface area (Å²) < 4.78 is 13.6. The standard InChI is InChI=1S/C15H21BrFNO/c1-3-5-7-11(4-2)10-18-15(19)12-8-6-9-13(17)14(12)16/h6,8-9,11H,3-5,7,10H2,1-2H3,(H,18,19). The van der Waals surface area contributed by atoms with Gasteiger partial charge in [0.1, 0.15) is 5.82 Å². The molecule has 0 fully saturated rings. The lowest BCUT2D eigenvalue weighted by molar-refractivity contribution is 0.0944. The Morgan fingerprint density at radius 2 is 2.16 bits per heavy atom. The Morgan fingerprint density at radius 3 is 2.79 bits per heavy atom. The van der Waals surface area contributed by atoms with Gasteiger partial charge in [0, 0.05) is 6.54 Å². The van der Waals surface area contributed by atoms with Gasteiger partial charge in [0.2, 0.25) is 0 Å². The summed E-state index contributed by atoms with van der Waals surface area (Å²) in [6.45, 7) is 4.94. The molecule has 0 bridgehead atoms. The van der Waals surface area contributed by atoms with Crippen LogP contribution in [0.4, 0.5) is 4.39 Å². The predicted octanol–water partition coefficient (Wildman–Crippen LogP) is 4.53. The fraction of sp³-hybridized carbons (Fsp3) is 0.533. The second-order valence-electron chi connectivity index (χ2n) is 4.73. The molecular formula is C15H21BrFNO. The van der Waals surface area contributed by atoms with Crippen molar-refractivity contribution in [1.82, 2.24) is 5.32 Å².